The summed E-state index contributed by atoms with van der Waals surface area (Å²) in [5.74, 6) is 0.0510. The summed E-state index contributed by atoms with van der Waals surface area (Å²) in [6, 6.07) is 19.6. The first kappa shape index (κ1) is 21.1. The fourth-order valence-corrected chi connectivity index (χ4v) is 5.08. The van der Waals surface area contributed by atoms with Gasteiger partial charge in [0.1, 0.15) is 5.75 Å². The Balaban J connectivity index is 1.56. The first-order valence-electron chi connectivity index (χ1n) is 10.4. The number of primary amides is 1. The summed E-state index contributed by atoms with van der Waals surface area (Å²) in [5, 5.41) is 2.06. The summed E-state index contributed by atoms with van der Waals surface area (Å²) in [6.45, 7) is 0.912. The number of amides is 2. The number of likely N-dealkylation sites (tertiary alicyclic amines) is 1. The fraction of sp³-hybridized carbons (Fsp3) is 0.280. The molecule has 6 heteroatoms. The fourth-order valence-electron chi connectivity index (χ4n) is 4.35. The molecule has 2 amide bonds. The number of para-hydroxylation sites is 1. The second-order valence-electron chi connectivity index (χ2n) is 8.03. The molecule has 160 valence electrons. The Morgan fingerprint density at radius 1 is 1.10 bits per heavy atom. The lowest BCUT2D eigenvalue weighted by Crippen LogP contribution is -2.53. The van der Waals surface area contributed by atoms with Crippen LogP contribution < -0.4 is 10.5 Å². The zero-order valence-corrected chi connectivity index (χ0v) is 18.4. The Hall–Kier alpha value is -3.12. The summed E-state index contributed by atoms with van der Waals surface area (Å²) >= 11 is 1.70. The van der Waals surface area contributed by atoms with E-state index in [0.29, 0.717) is 37.2 Å². The minimum absolute atomic E-state index is 0.129. The third-order valence-electron chi connectivity index (χ3n) is 6.03. The highest BCUT2D eigenvalue weighted by Crippen LogP contribution is 2.35. The van der Waals surface area contributed by atoms with E-state index in [0.717, 1.165) is 17.5 Å². The van der Waals surface area contributed by atoms with Gasteiger partial charge in [0.25, 0.3) is 5.91 Å². The van der Waals surface area contributed by atoms with Crippen LogP contribution in [0.2, 0.25) is 0 Å². The van der Waals surface area contributed by atoms with E-state index in [2.05, 4.69) is 35.7 Å². The van der Waals surface area contributed by atoms with Crippen molar-refractivity contribution in [1.82, 2.24) is 4.90 Å². The first-order valence-corrected chi connectivity index (χ1v) is 11.3. The van der Waals surface area contributed by atoms with E-state index in [1.54, 1.807) is 35.5 Å². The van der Waals surface area contributed by atoms with Crippen molar-refractivity contribution in [3.05, 3.63) is 77.2 Å². The number of hydrogen-bond donors (Lipinski definition) is 1. The van der Waals surface area contributed by atoms with Crippen molar-refractivity contribution in [1.29, 1.82) is 0 Å². The largest absolute Gasteiger partial charge is 0.496 e. The Morgan fingerprint density at radius 3 is 2.55 bits per heavy atom. The summed E-state index contributed by atoms with van der Waals surface area (Å²) in [4.78, 5) is 28.8. The number of piperidine rings is 1. The number of ether oxygens (including phenoxy) is 1. The van der Waals surface area contributed by atoms with Crippen molar-refractivity contribution in [2.75, 3.05) is 20.2 Å². The van der Waals surface area contributed by atoms with Crippen LogP contribution >= 0.6 is 11.3 Å². The maximum atomic E-state index is 13.2. The van der Waals surface area contributed by atoms with E-state index in [1.807, 2.05) is 18.2 Å². The SMILES string of the molecule is COc1ccccc1C(=O)N1CCC[C@](Cc2ccc(-c3cccs3)cc2)(C(N)=O)C1. The van der Waals surface area contributed by atoms with E-state index < -0.39 is 5.41 Å². The molecule has 1 aromatic heterocycles. The topological polar surface area (TPSA) is 72.6 Å². The van der Waals surface area contributed by atoms with E-state index >= 15 is 0 Å². The second kappa shape index (κ2) is 8.94. The summed E-state index contributed by atoms with van der Waals surface area (Å²) in [5.41, 5.74) is 7.84. The van der Waals surface area contributed by atoms with Gasteiger partial charge in [0.05, 0.1) is 18.1 Å². The van der Waals surface area contributed by atoms with Gasteiger partial charge in [-0.25, -0.2) is 0 Å². The Bertz CT molecular complexity index is 1060. The number of nitrogens with zero attached hydrogens (tertiary/aromatic N) is 1. The molecule has 0 unspecified atom stereocenters. The second-order valence-corrected chi connectivity index (χ2v) is 8.97. The lowest BCUT2D eigenvalue weighted by molar-refractivity contribution is -0.130. The summed E-state index contributed by atoms with van der Waals surface area (Å²) < 4.78 is 5.36. The van der Waals surface area contributed by atoms with Crippen LogP contribution in [0.25, 0.3) is 10.4 Å². The smallest absolute Gasteiger partial charge is 0.257 e. The van der Waals surface area contributed by atoms with E-state index in [1.165, 1.54) is 4.88 Å². The molecule has 0 bridgehead atoms. The third kappa shape index (κ3) is 4.35. The number of rotatable bonds is 6. The third-order valence-corrected chi connectivity index (χ3v) is 6.95. The highest BCUT2D eigenvalue weighted by Gasteiger charge is 2.42. The van der Waals surface area contributed by atoms with Crippen LogP contribution in [0.3, 0.4) is 0 Å². The van der Waals surface area contributed by atoms with Gasteiger partial charge in [-0.05, 0) is 54.0 Å². The van der Waals surface area contributed by atoms with Crippen LogP contribution in [0, 0.1) is 5.41 Å². The number of nitrogens with two attached hydrogens (primary N) is 1. The molecule has 0 spiro atoms. The Labute approximate surface area is 186 Å². The quantitative estimate of drug-likeness (QED) is 0.626. The van der Waals surface area contributed by atoms with Gasteiger partial charge in [-0.2, -0.15) is 0 Å². The van der Waals surface area contributed by atoms with Crippen LogP contribution in [0.15, 0.2) is 66.0 Å². The molecule has 0 saturated carbocycles. The molecule has 0 aliphatic carbocycles. The molecule has 5 nitrogen and oxygen atoms in total. The van der Waals surface area contributed by atoms with Crippen LogP contribution in [-0.4, -0.2) is 36.9 Å². The molecule has 4 rings (SSSR count). The molecular formula is C25H26N2O3S. The van der Waals surface area contributed by atoms with Crippen LogP contribution in [0.4, 0.5) is 0 Å². The van der Waals surface area contributed by atoms with Crippen molar-refractivity contribution in [2.45, 2.75) is 19.3 Å². The van der Waals surface area contributed by atoms with Gasteiger partial charge in [0.2, 0.25) is 5.91 Å². The monoisotopic (exact) mass is 434 g/mol. The van der Waals surface area contributed by atoms with Gasteiger partial charge >= 0.3 is 0 Å². The predicted octanol–water partition coefficient (Wildman–Crippen LogP) is 4.37. The number of benzene rings is 2. The van der Waals surface area contributed by atoms with Crippen molar-refractivity contribution < 1.29 is 14.3 Å². The Morgan fingerprint density at radius 2 is 1.87 bits per heavy atom. The van der Waals surface area contributed by atoms with Gasteiger partial charge in [-0.15, -0.1) is 11.3 Å². The molecule has 2 N–H and O–H groups in total. The standard InChI is InChI=1S/C25H26N2O3S/c1-30-21-7-3-2-6-20(21)23(28)27-14-5-13-25(17-27,24(26)29)16-18-9-11-19(12-10-18)22-8-4-15-31-22/h2-4,6-12,15H,5,13-14,16-17H2,1H3,(H2,26,29)/t25-/m1/s1. The number of carbonyl (C=O) groups excluding carboxylic acids is 2. The van der Waals surface area contributed by atoms with Gasteiger partial charge in [-0.3, -0.25) is 9.59 Å². The molecule has 2 aromatic carbocycles. The van der Waals surface area contributed by atoms with Gasteiger partial charge in [0.15, 0.2) is 0 Å². The van der Waals surface area contributed by atoms with Gasteiger partial charge in [0, 0.05) is 18.0 Å². The predicted molar refractivity (Wildman–Crippen MR) is 123 cm³/mol. The minimum atomic E-state index is -0.777. The molecule has 1 fully saturated rings. The molecule has 31 heavy (non-hydrogen) atoms. The van der Waals surface area contributed by atoms with E-state index in [9.17, 15) is 9.59 Å². The van der Waals surface area contributed by atoms with Crippen LogP contribution in [-0.2, 0) is 11.2 Å². The van der Waals surface area contributed by atoms with E-state index in [4.69, 9.17) is 10.5 Å². The highest BCUT2D eigenvalue weighted by molar-refractivity contribution is 7.13. The average Bonchev–Trinajstić information content (AvgIpc) is 3.34. The number of thiophene rings is 1. The minimum Gasteiger partial charge on any atom is -0.496 e. The molecule has 1 atom stereocenters. The zero-order valence-electron chi connectivity index (χ0n) is 17.5. The van der Waals surface area contributed by atoms with E-state index in [-0.39, 0.29) is 11.8 Å². The highest BCUT2D eigenvalue weighted by atomic mass is 32.1. The zero-order chi connectivity index (χ0) is 21.8. The first-order chi connectivity index (χ1) is 15.0. The van der Waals surface area contributed by atoms with Crippen molar-refractivity contribution >= 4 is 23.2 Å². The molecular weight excluding hydrogens is 408 g/mol. The van der Waals surface area contributed by atoms with Crippen LogP contribution in [0.1, 0.15) is 28.8 Å². The molecule has 2 heterocycles. The maximum Gasteiger partial charge on any atom is 0.257 e. The number of hydrogen-bond acceptors (Lipinski definition) is 4. The average molecular weight is 435 g/mol. The maximum absolute atomic E-state index is 13.2. The van der Waals surface area contributed by atoms with Gasteiger partial charge < -0.3 is 15.4 Å². The summed E-state index contributed by atoms with van der Waals surface area (Å²) in [7, 11) is 1.55. The molecule has 1 aliphatic rings. The normalized spacial score (nSPS) is 18.5. The number of carbonyl (C=O) groups is 2. The summed E-state index contributed by atoms with van der Waals surface area (Å²) in [6.07, 6.45) is 1.92. The molecule has 3 aromatic rings. The van der Waals surface area contributed by atoms with Crippen molar-refractivity contribution in [2.24, 2.45) is 11.1 Å². The van der Waals surface area contributed by atoms with Crippen LogP contribution in [0.5, 0.6) is 5.75 Å². The molecule has 1 aliphatic heterocycles. The van der Waals surface area contributed by atoms with Crippen molar-refractivity contribution in [3.63, 3.8) is 0 Å². The molecule has 1 saturated heterocycles. The lowest BCUT2D eigenvalue weighted by atomic mass is 9.74. The number of methoxy groups -OCH3 is 1. The Kier molecular flexibility index (Phi) is 6.09. The van der Waals surface area contributed by atoms with Gasteiger partial charge in [-0.1, -0.05) is 42.5 Å². The lowest BCUT2D eigenvalue weighted by Gasteiger charge is -2.41. The van der Waals surface area contributed by atoms with Crippen molar-refractivity contribution in [3.8, 4) is 16.2 Å². The molecule has 0 radical (unpaired) electrons.